The van der Waals surface area contributed by atoms with E-state index >= 15 is 0 Å². The van der Waals surface area contributed by atoms with E-state index in [0.29, 0.717) is 53.0 Å². The zero-order valence-corrected chi connectivity index (χ0v) is 23.4. The molecule has 3 aliphatic rings. The van der Waals surface area contributed by atoms with Crippen molar-refractivity contribution in [2.24, 2.45) is 5.92 Å². The number of aromatic hydroxyl groups is 1. The quantitative estimate of drug-likeness (QED) is 0.247. The van der Waals surface area contributed by atoms with E-state index < -0.39 is 6.10 Å². The van der Waals surface area contributed by atoms with Crippen LogP contribution in [0.25, 0.3) is 10.8 Å². The predicted octanol–water partition coefficient (Wildman–Crippen LogP) is 6.57. The molecule has 7 heteroatoms. The van der Waals surface area contributed by atoms with Crippen LogP contribution in [0.5, 0.6) is 17.2 Å². The summed E-state index contributed by atoms with van der Waals surface area (Å²) in [6.07, 6.45) is -0.496. The molecule has 41 heavy (non-hydrogen) atoms. The molecule has 0 aliphatic carbocycles. The first kappa shape index (κ1) is 27.3. The Morgan fingerprint density at radius 1 is 0.951 bits per heavy atom. The van der Waals surface area contributed by atoms with Crippen molar-refractivity contribution in [1.82, 2.24) is 0 Å². The lowest BCUT2D eigenvalue weighted by molar-refractivity contribution is -0.159. The Hall–Kier alpha value is -3.91. The molecule has 7 nitrogen and oxygen atoms in total. The van der Waals surface area contributed by atoms with Gasteiger partial charge in [-0.05, 0) is 36.6 Å². The van der Waals surface area contributed by atoms with Gasteiger partial charge >= 0.3 is 0 Å². The van der Waals surface area contributed by atoms with Crippen LogP contribution in [0.4, 0.5) is 0 Å². The summed E-state index contributed by atoms with van der Waals surface area (Å²) in [5, 5.41) is 12.9. The van der Waals surface area contributed by atoms with Crippen LogP contribution in [-0.2, 0) is 20.8 Å². The first-order chi connectivity index (χ1) is 20.0. The van der Waals surface area contributed by atoms with Gasteiger partial charge in [-0.1, -0.05) is 66.7 Å². The molecule has 5 atom stereocenters. The topological polar surface area (TPSA) is 83.5 Å². The Morgan fingerprint density at radius 3 is 2.37 bits per heavy atom. The average molecular weight is 555 g/mol. The minimum atomic E-state index is -0.461. The molecular formula is C34H34O7. The van der Waals surface area contributed by atoms with Gasteiger partial charge in [-0.2, -0.15) is 0 Å². The highest BCUT2D eigenvalue weighted by Gasteiger charge is 2.48. The summed E-state index contributed by atoms with van der Waals surface area (Å²) in [6.45, 7) is 2.34. The Bertz CT molecular complexity index is 1540. The van der Waals surface area contributed by atoms with Gasteiger partial charge in [0.1, 0.15) is 23.4 Å². The second-order valence-corrected chi connectivity index (χ2v) is 10.6. The normalized spacial score (nSPS) is 23.7. The van der Waals surface area contributed by atoms with E-state index in [4.69, 9.17) is 23.7 Å². The lowest BCUT2D eigenvalue weighted by Crippen LogP contribution is -2.41. The van der Waals surface area contributed by atoms with Crippen LogP contribution >= 0.6 is 0 Å². The van der Waals surface area contributed by atoms with Crippen LogP contribution in [-0.4, -0.2) is 43.9 Å². The highest BCUT2D eigenvalue weighted by molar-refractivity contribution is 6.08. The van der Waals surface area contributed by atoms with Gasteiger partial charge in [0.05, 0.1) is 56.7 Å². The number of phenolic OH excluding ortho intramolecular Hbond substituents is 1. The molecule has 3 aliphatic heterocycles. The fraction of sp³-hybridized carbons (Fsp3) is 0.324. The number of benzene rings is 4. The molecular weight excluding hydrogens is 520 g/mol. The number of rotatable bonds is 8. The first-order valence-corrected chi connectivity index (χ1v) is 13.9. The van der Waals surface area contributed by atoms with E-state index in [1.807, 2.05) is 60.7 Å². The number of carbonyl (C=O) groups is 1. The van der Waals surface area contributed by atoms with E-state index in [0.717, 1.165) is 11.1 Å². The number of hydrogen-bond acceptors (Lipinski definition) is 7. The number of ketones is 1. The highest BCUT2D eigenvalue weighted by Crippen LogP contribution is 2.53. The van der Waals surface area contributed by atoms with Crippen LogP contribution in [0.2, 0.25) is 0 Å². The van der Waals surface area contributed by atoms with Crippen molar-refractivity contribution >= 4 is 16.6 Å². The summed E-state index contributed by atoms with van der Waals surface area (Å²) in [7, 11) is 3.04. The molecule has 0 amide bonds. The number of hydrogen-bond donors (Lipinski definition) is 1. The summed E-state index contributed by atoms with van der Waals surface area (Å²) >= 11 is 0. The van der Waals surface area contributed by atoms with Crippen molar-refractivity contribution in [2.75, 3.05) is 20.8 Å². The van der Waals surface area contributed by atoms with Gasteiger partial charge in [-0.15, -0.1) is 0 Å². The van der Waals surface area contributed by atoms with Gasteiger partial charge in [0.15, 0.2) is 5.78 Å². The van der Waals surface area contributed by atoms with E-state index in [-0.39, 0.29) is 35.8 Å². The maximum Gasteiger partial charge on any atom is 0.163 e. The van der Waals surface area contributed by atoms with E-state index in [1.165, 1.54) is 21.1 Å². The number of Topliss-reactive ketones (excluding diaryl/α,β-unsaturated/α-hetero) is 1. The number of carbonyl (C=O) groups excluding carboxylic acids is 1. The van der Waals surface area contributed by atoms with Gasteiger partial charge in [0.25, 0.3) is 0 Å². The van der Waals surface area contributed by atoms with Gasteiger partial charge in [-0.3, -0.25) is 4.79 Å². The fourth-order valence-electron chi connectivity index (χ4n) is 6.25. The molecule has 0 aromatic heterocycles. The summed E-state index contributed by atoms with van der Waals surface area (Å²) in [4.78, 5) is 12.4. The number of phenols is 1. The Morgan fingerprint density at radius 2 is 1.68 bits per heavy atom. The minimum Gasteiger partial charge on any atom is -0.507 e. The Labute approximate surface area is 239 Å². The molecule has 3 saturated heterocycles. The molecule has 3 heterocycles. The summed E-state index contributed by atoms with van der Waals surface area (Å²) in [6, 6.07) is 25.6. The molecule has 0 spiro atoms. The van der Waals surface area contributed by atoms with Crippen molar-refractivity contribution in [1.29, 1.82) is 0 Å². The number of ether oxygens (including phenoxy) is 5. The van der Waals surface area contributed by atoms with Crippen molar-refractivity contribution in [3.8, 4) is 17.2 Å². The average Bonchev–Trinajstić information content (AvgIpc) is 3.30. The number of fused-ring (bicyclic) bond motifs is 5. The van der Waals surface area contributed by atoms with E-state index in [9.17, 15) is 9.90 Å². The van der Waals surface area contributed by atoms with E-state index in [2.05, 4.69) is 12.1 Å². The monoisotopic (exact) mass is 554 g/mol. The van der Waals surface area contributed by atoms with Crippen molar-refractivity contribution in [2.45, 2.75) is 44.4 Å². The molecule has 1 N–H and O–H groups in total. The third kappa shape index (κ3) is 5.05. The first-order valence-electron chi connectivity index (χ1n) is 13.9. The van der Waals surface area contributed by atoms with Crippen LogP contribution in [0.3, 0.4) is 0 Å². The molecule has 3 fully saturated rings. The maximum atomic E-state index is 12.4. The smallest absolute Gasteiger partial charge is 0.163 e. The highest BCUT2D eigenvalue weighted by atomic mass is 16.6. The van der Waals surface area contributed by atoms with E-state index in [1.54, 1.807) is 6.07 Å². The summed E-state index contributed by atoms with van der Waals surface area (Å²) in [5.41, 5.74) is 3.19. The summed E-state index contributed by atoms with van der Waals surface area (Å²) < 4.78 is 30.9. The molecule has 4 aromatic rings. The van der Waals surface area contributed by atoms with Gasteiger partial charge < -0.3 is 28.8 Å². The molecule has 212 valence electrons. The SMILES string of the molecule is COc1c(C(C)=O)cc(OC)c2c(O)c([C@H]3O[C@@H]4CO[C@@H](c5ccccc5)[C@H]3C[C@@H]4OCc3ccccc3)ccc12. The Balaban J connectivity index is 1.42. The van der Waals surface area contributed by atoms with Crippen LogP contribution < -0.4 is 9.47 Å². The molecule has 0 unspecified atom stereocenters. The second-order valence-electron chi connectivity index (χ2n) is 10.6. The lowest BCUT2D eigenvalue weighted by Gasteiger charge is -2.40. The Kier molecular flexibility index (Phi) is 7.67. The molecule has 0 radical (unpaired) electrons. The van der Waals surface area contributed by atoms with Gasteiger partial charge in [-0.25, -0.2) is 0 Å². The fourth-order valence-corrected chi connectivity index (χ4v) is 6.25. The van der Waals surface area contributed by atoms with Crippen molar-refractivity contribution < 1.29 is 33.6 Å². The van der Waals surface area contributed by atoms with Gasteiger partial charge in [0.2, 0.25) is 0 Å². The van der Waals surface area contributed by atoms with Crippen LogP contribution in [0, 0.1) is 5.92 Å². The molecule has 4 aromatic carbocycles. The third-order valence-electron chi connectivity index (χ3n) is 8.22. The molecule has 2 bridgehead atoms. The molecule has 0 saturated carbocycles. The van der Waals surface area contributed by atoms with Crippen molar-refractivity contribution in [3.63, 3.8) is 0 Å². The molecule has 7 rings (SSSR count). The third-order valence-corrected chi connectivity index (χ3v) is 8.22. The minimum absolute atomic E-state index is 0.0406. The standard InChI is InChI=1S/C34H34O7/c1-20(35)25-16-28(37-2)30-23(33(25)38-3)14-15-24(31(30)36)34-26-17-27(39-18-21-10-6-4-7-11-21)29(41-34)19-40-32(26)22-12-8-5-9-13-22/h4-16,26-27,29,32,34,36H,17-19H2,1-3H3/t26-,27+,29-,32+,34-/m1/s1. The largest absolute Gasteiger partial charge is 0.507 e. The zero-order chi connectivity index (χ0) is 28.5. The second kappa shape index (κ2) is 11.5. The zero-order valence-electron chi connectivity index (χ0n) is 23.4. The number of methoxy groups -OCH3 is 2. The maximum absolute atomic E-state index is 12.4. The van der Waals surface area contributed by atoms with Crippen LogP contribution in [0.15, 0.2) is 78.9 Å². The van der Waals surface area contributed by atoms with Crippen LogP contribution in [0.1, 0.15) is 52.6 Å². The predicted molar refractivity (Wildman–Crippen MR) is 155 cm³/mol. The van der Waals surface area contributed by atoms with Gasteiger partial charge in [0, 0.05) is 16.9 Å². The lowest BCUT2D eigenvalue weighted by atomic mass is 9.80. The van der Waals surface area contributed by atoms with Crippen molar-refractivity contribution in [3.05, 3.63) is 101 Å². The summed E-state index contributed by atoms with van der Waals surface area (Å²) in [5.74, 6) is 0.547.